The highest BCUT2D eigenvalue weighted by atomic mass is 16.3. The summed E-state index contributed by atoms with van der Waals surface area (Å²) in [7, 11) is 0. The van der Waals surface area contributed by atoms with Gasteiger partial charge in [0.25, 0.3) is 0 Å². The number of hydrogen-bond donors (Lipinski definition) is 1. The van der Waals surface area contributed by atoms with Gasteiger partial charge in [-0.25, -0.2) is 4.68 Å². The molecule has 0 radical (unpaired) electrons. The van der Waals surface area contributed by atoms with Crippen molar-refractivity contribution in [3.63, 3.8) is 0 Å². The van der Waals surface area contributed by atoms with E-state index in [1.807, 2.05) is 0 Å². The summed E-state index contributed by atoms with van der Waals surface area (Å²) < 4.78 is 1.25. The monoisotopic (exact) mass is 139 g/mol. The first-order valence-corrected chi connectivity index (χ1v) is 2.56. The molecule has 0 atom stereocenters. The zero-order valence-corrected chi connectivity index (χ0v) is 5.05. The van der Waals surface area contributed by atoms with Crippen LogP contribution in [0.4, 0.5) is 5.82 Å². The Balaban J connectivity index is 2.87. The second kappa shape index (κ2) is 2.86. The molecule has 0 saturated heterocycles. The molecule has 1 heterocycles. The summed E-state index contributed by atoms with van der Waals surface area (Å²) in [5.74, 6) is 0.261. The van der Waals surface area contributed by atoms with Gasteiger partial charge in [-0.2, -0.15) is 5.10 Å². The highest BCUT2D eigenvalue weighted by molar-refractivity contribution is 5.22. The fourth-order valence-electron chi connectivity index (χ4n) is 0.529. The van der Waals surface area contributed by atoms with Gasteiger partial charge in [0.1, 0.15) is 12.5 Å². The lowest BCUT2D eigenvalue weighted by molar-refractivity contribution is 0.195. The van der Waals surface area contributed by atoms with E-state index in [9.17, 15) is 0 Å². The zero-order chi connectivity index (χ0) is 7.40. The summed E-state index contributed by atoms with van der Waals surface area (Å²) in [6, 6.07) is 1.51. The van der Waals surface area contributed by atoms with Crippen molar-refractivity contribution in [1.29, 1.82) is 0 Å². The highest BCUT2D eigenvalue weighted by Gasteiger charge is 1.91. The molecule has 1 aromatic rings. The quantitative estimate of drug-likeness (QED) is 0.372. The first-order chi connectivity index (χ1) is 4.86. The molecular formula is C4H5N5O. The summed E-state index contributed by atoms with van der Waals surface area (Å²) in [5, 5.41) is 15.4. The van der Waals surface area contributed by atoms with Crippen LogP contribution in [0.5, 0.6) is 0 Å². The van der Waals surface area contributed by atoms with E-state index in [0.29, 0.717) is 0 Å². The molecule has 1 rings (SSSR count). The molecule has 0 aliphatic heterocycles. The van der Waals surface area contributed by atoms with Crippen LogP contribution in [0, 0.1) is 0 Å². The van der Waals surface area contributed by atoms with Crippen molar-refractivity contribution in [2.75, 3.05) is 0 Å². The predicted octanol–water partition coefficient (Wildman–Crippen LogP) is 0.775. The van der Waals surface area contributed by atoms with Crippen molar-refractivity contribution in [2.24, 2.45) is 5.11 Å². The molecule has 10 heavy (non-hydrogen) atoms. The lowest BCUT2D eigenvalue weighted by Crippen LogP contribution is -1.95. The zero-order valence-electron chi connectivity index (χ0n) is 5.05. The SMILES string of the molecule is [N-]=[N+]=Nc1ccn(CO)n1. The Morgan fingerprint density at radius 3 is 3.20 bits per heavy atom. The summed E-state index contributed by atoms with van der Waals surface area (Å²) in [6.07, 6.45) is 1.52. The largest absolute Gasteiger partial charge is 0.374 e. The van der Waals surface area contributed by atoms with E-state index in [4.69, 9.17) is 10.6 Å². The number of aromatic nitrogens is 2. The van der Waals surface area contributed by atoms with E-state index >= 15 is 0 Å². The molecule has 0 aliphatic carbocycles. The van der Waals surface area contributed by atoms with Crippen LogP contribution < -0.4 is 0 Å². The molecule has 0 aromatic carbocycles. The average Bonchev–Trinajstić information content (AvgIpc) is 2.37. The van der Waals surface area contributed by atoms with Gasteiger partial charge >= 0.3 is 0 Å². The van der Waals surface area contributed by atoms with Crippen molar-refractivity contribution in [1.82, 2.24) is 9.78 Å². The van der Waals surface area contributed by atoms with Gasteiger partial charge < -0.3 is 5.11 Å². The third-order valence-corrected chi connectivity index (χ3v) is 0.919. The van der Waals surface area contributed by atoms with E-state index < -0.39 is 0 Å². The standard InChI is InChI=1S/C4H5N5O/c5-8-6-4-1-2-9(3-10)7-4/h1-2,10H,3H2. The Morgan fingerprint density at radius 1 is 1.90 bits per heavy atom. The molecular weight excluding hydrogens is 134 g/mol. The first-order valence-electron chi connectivity index (χ1n) is 2.56. The number of rotatable bonds is 2. The summed E-state index contributed by atoms with van der Waals surface area (Å²) in [6.45, 7) is -0.207. The van der Waals surface area contributed by atoms with E-state index in [1.54, 1.807) is 0 Å². The number of azide groups is 1. The second-order valence-electron chi connectivity index (χ2n) is 1.54. The van der Waals surface area contributed by atoms with Crippen LogP contribution in [0.2, 0.25) is 0 Å². The normalized spacial score (nSPS) is 8.90. The van der Waals surface area contributed by atoms with Crippen LogP contribution >= 0.6 is 0 Å². The Bertz CT molecular complexity index is 260. The van der Waals surface area contributed by atoms with Gasteiger partial charge in [-0.15, -0.1) is 0 Å². The Labute approximate surface area is 56.3 Å². The van der Waals surface area contributed by atoms with E-state index in [-0.39, 0.29) is 12.5 Å². The minimum atomic E-state index is -0.207. The van der Waals surface area contributed by atoms with E-state index in [2.05, 4.69) is 15.1 Å². The molecule has 0 aliphatic rings. The first kappa shape index (κ1) is 6.60. The third-order valence-electron chi connectivity index (χ3n) is 0.919. The van der Waals surface area contributed by atoms with Gasteiger partial charge in [-0.1, -0.05) is 0 Å². The van der Waals surface area contributed by atoms with Gasteiger partial charge in [0.05, 0.1) is 0 Å². The Morgan fingerprint density at radius 2 is 2.70 bits per heavy atom. The summed E-state index contributed by atoms with van der Waals surface area (Å²) >= 11 is 0. The second-order valence-corrected chi connectivity index (χ2v) is 1.54. The lowest BCUT2D eigenvalue weighted by Gasteiger charge is -1.88. The van der Waals surface area contributed by atoms with Crippen LogP contribution in [0.1, 0.15) is 0 Å². The van der Waals surface area contributed by atoms with E-state index in [0.717, 1.165) is 0 Å². The molecule has 0 spiro atoms. The van der Waals surface area contributed by atoms with Crippen molar-refractivity contribution in [3.05, 3.63) is 22.7 Å². The minimum absolute atomic E-state index is 0.207. The molecule has 0 bridgehead atoms. The molecule has 1 aromatic heterocycles. The molecule has 0 fully saturated rings. The summed E-state index contributed by atoms with van der Waals surface area (Å²) in [5.41, 5.74) is 7.95. The molecule has 52 valence electrons. The molecule has 0 amide bonds. The van der Waals surface area contributed by atoms with Crippen molar-refractivity contribution < 1.29 is 5.11 Å². The topological polar surface area (TPSA) is 86.8 Å². The maximum atomic E-state index is 8.48. The predicted molar refractivity (Wildman–Crippen MR) is 33.3 cm³/mol. The fourth-order valence-corrected chi connectivity index (χ4v) is 0.529. The van der Waals surface area contributed by atoms with Crippen molar-refractivity contribution in [2.45, 2.75) is 6.73 Å². The molecule has 1 N–H and O–H groups in total. The third kappa shape index (κ3) is 1.25. The van der Waals surface area contributed by atoms with Gasteiger partial charge in [0.15, 0.2) is 0 Å². The fraction of sp³-hybridized carbons (Fsp3) is 0.250. The number of aliphatic hydroxyl groups is 1. The van der Waals surface area contributed by atoms with Crippen LogP contribution in [-0.4, -0.2) is 14.9 Å². The average molecular weight is 139 g/mol. The van der Waals surface area contributed by atoms with E-state index in [1.165, 1.54) is 16.9 Å². The van der Waals surface area contributed by atoms with Gasteiger partial charge in [-0.05, 0) is 16.7 Å². The number of aliphatic hydroxyl groups excluding tert-OH is 1. The maximum absolute atomic E-state index is 8.48. The lowest BCUT2D eigenvalue weighted by atomic mass is 10.7. The van der Waals surface area contributed by atoms with Crippen LogP contribution in [0.15, 0.2) is 17.4 Å². The minimum Gasteiger partial charge on any atom is -0.374 e. The van der Waals surface area contributed by atoms with Crippen molar-refractivity contribution >= 4 is 5.82 Å². The number of nitrogens with zero attached hydrogens (tertiary/aromatic N) is 5. The molecule has 0 unspecified atom stereocenters. The maximum Gasteiger partial charge on any atom is 0.148 e. The summed E-state index contributed by atoms with van der Waals surface area (Å²) in [4.78, 5) is 2.52. The highest BCUT2D eigenvalue weighted by Crippen LogP contribution is 2.05. The molecule has 6 heteroatoms. The molecule has 6 nitrogen and oxygen atoms in total. The Kier molecular flexibility index (Phi) is 1.89. The molecule has 0 saturated carbocycles. The van der Waals surface area contributed by atoms with Crippen LogP contribution in [-0.2, 0) is 6.73 Å². The van der Waals surface area contributed by atoms with Gasteiger partial charge in [0, 0.05) is 11.1 Å². The Hall–Kier alpha value is -1.52. The van der Waals surface area contributed by atoms with Gasteiger partial charge in [-0.3, -0.25) is 0 Å². The number of hydrogen-bond acceptors (Lipinski definition) is 3. The van der Waals surface area contributed by atoms with Crippen molar-refractivity contribution in [3.8, 4) is 0 Å². The van der Waals surface area contributed by atoms with Crippen LogP contribution in [0.25, 0.3) is 10.4 Å². The van der Waals surface area contributed by atoms with Gasteiger partial charge in [0.2, 0.25) is 0 Å². The van der Waals surface area contributed by atoms with Crippen LogP contribution in [0.3, 0.4) is 0 Å². The smallest absolute Gasteiger partial charge is 0.148 e.